The number of hydrogen-bond donors (Lipinski definition) is 1. The average molecular weight is 293 g/mol. The molecule has 0 aromatic heterocycles. The zero-order chi connectivity index (χ0) is 15.4. The summed E-state index contributed by atoms with van der Waals surface area (Å²) in [5.41, 5.74) is 4.93. The van der Waals surface area contributed by atoms with Crippen LogP contribution < -0.4 is 5.32 Å². The summed E-state index contributed by atoms with van der Waals surface area (Å²) in [5, 5.41) is 2.71. The van der Waals surface area contributed by atoms with E-state index in [4.69, 9.17) is 4.74 Å². The minimum Gasteiger partial charge on any atom is -0.449 e. The minimum atomic E-state index is -0.375. The van der Waals surface area contributed by atoms with Gasteiger partial charge in [-0.1, -0.05) is 60.7 Å². The largest absolute Gasteiger partial charge is 0.449 e. The molecule has 2 aromatic carbocycles. The first-order chi connectivity index (χ1) is 10.8. The van der Waals surface area contributed by atoms with Gasteiger partial charge >= 0.3 is 6.09 Å². The minimum absolute atomic E-state index is 0.111. The van der Waals surface area contributed by atoms with Crippen LogP contribution in [0.25, 0.3) is 11.1 Å². The third-order valence-corrected chi connectivity index (χ3v) is 3.94. The van der Waals surface area contributed by atoms with Crippen LogP contribution >= 0.6 is 0 Å². The molecule has 0 saturated heterocycles. The van der Waals surface area contributed by atoms with Crippen molar-refractivity contribution < 1.29 is 9.53 Å². The summed E-state index contributed by atoms with van der Waals surface area (Å²) in [5.74, 6) is 0.111. The van der Waals surface area contributed by atoms with E-state index in [-0.39, 0.29) is 12.0 Å². The van der Waals surface area contributed by atoms with Crippen molar-refractivity contribution >= 4 is 6.09 Å². The summed E-state index contributed by atoms with van der Waals surface area (Å²) >= 11 is 0. The lowest BCUT2D eigenvalue weighted by Gasteiger charge is -2.14. The van der Waals surface area contributed by atoms with Crippen LogP contribution in [0, 0.1) is 0 Å². The van der Waals surface area contributed by atoms with Crippen molar-refractivity contribution in [1.82, 2.24) is 5.32 Å². The third kappa shape index (κ3) is 2.75. The highest BCUT2D eigenvalue weighted by molar-refractivity contribution is 5.79. The van der Waals surface area contributed by atoms with Crippen LogP contribution in [0.2, 0.25) is 0 Å². The van der Waals surface area contributed by atoms with E-state index in [1.165, 1.54) is 22.3 Å². The Morgan fingerprint density at radius 3 is 2.27 bits per heavy atom. The summed E-state index contributed by atoms with van der Waals surface area (Å²) < 4.78 is 5.40. The van der Waals surface area contributed by atoms with Crippen LogP contribution in [0.4, 0.5) is 4.79 Å². The Kier molecular flexibility index (Phi) is 4.24. The van der Waals surface area contributed by atoms with Crippen LogP contribution in [0.5, 0.6) is 0 Å². The molecule has 0 fully saturated rings. The summed E-state index contributed by atoms with van der Waals surface area (Å²) in [6, 6.07) is 16.6. The average Bonchev–Trinajstić information content (AvgIpc) is 2.87. The van der Waals surface area contributed by atoms with E-state index < -0.39 is 0 Å². The molecular formula is C19H19NO2. The Hall–Kier alpha value is -2.55. The van der Waals surface area contributed by atoms with Gasteiger partial charge in [-0.3, -0.25) is 0 Å². The van der Waals surface area contributed by atoms with Gasteiger partial charge in [0.25, 0.3) is 0 Å². The molecule has 1 aliphatic carbocycles. The van der Waals surface area contributed by atoms with E-state index in [1.807, 2.05) is 43.3 Å². The molecule has 0 unspecified atom stereocenters. The van der Waals surface area contributed by atoms with E-state index in [1.54, 1.807) is 0 Å². The van der Waals surface area contributed by atoms with E-state index in [2.05, 4.69) is 29.6 Å². The predicted octanol–water partition coefficient (Wildman–Crippen LogP) is 4.10. The van der Waals surface area contributed by atoms with Crippen LogP contribution in [-0.2, 0) is 4.74 Å². The molecule has 2 aromatic rings. The van der Waals surface area contributed by atoms with Gasteiger partial charge in [0.05, 0.1) is 0 Å². The van der Waals surface area contributed by atoms with Crippen molar-refractivity contribution in [2.75, 3.05) is 13.2 Å². The number of amides is 1. The molecule has 3 nitrogen and oxygen atoms in total. The van der Waals surface area contributed by atoms with Crippen LogP contribution in [0.15, 0.2) is 60.7 Å². The van der Waals surface area contributed by atoms with E-state index in [0.717, 1.165) is 0 Å². The SMILES string of the molecule is CC=CCNC(=O)OCC1c2ccccc2-c2ccccc21. The lowest BCUT2D eigenvalue weighted by molar-refractivity contribution is 0.144. The fraction of sp³-hybridized carbons (Fsp3) is 0.211. The first kappa shape index (κ1) is 14.4. The van der Waals surface area contributed by atoms with Crippen LogP contribution in [-0.4, -0.2) is 19.2 Å². The number of benzene rings is 2. The molecule has 0 aliphatic heterocycles. The number of hydrogen-bond acceptors (Lipinski definition) is 2. The Morgan fingerprint density at radius 2 is 1.68 bits per heavy atom. The third-order valence-electron chi connectivity index (χ3n) is 3.94. The molecule has 3 heteroatoms. The maximum Gasteiger partial charge on any atom is 0.407 e. The number of carbonyl (C=O) groups is 1. The second-order valence-corrected chi connectivity index (χ2v) is 5.28. The Labute approximate surface area is 130 Å². The van der Waals surface area contributed by atoms with Gasteiger partial charge in [-0.05, 0) is 29.2 Å². The summed E-state index contributed by atoms with van der Waals surface area (Å²) in [4.78, 5) is 11.7. The standard InChI is InChI=1S/C19H19NO2/c1-2-3-12-20-19(21)22-13-18-16-10-6-4-8-14(16)15-9-5-7-11-17(15)18/h2-11,18H,12-13H2,1H3,(H,20,21). The number of rotatable bonds is 4. The molecule has 3 rings (SSSR count). The predicted molar refractivity (Wildman–Crippen MR) is 87.9 cm³/mol. The van der Waals surface area contributed by atoms with Crippen molar-refractivity contribution in [3.8, 4) is 11.1 Å². The Morgan fingerprint density at radius 1 is 1.09 bits per heavy atom. The molecule has 0 atom stereocenters. The highest BCUT2D eigenvalue weighted by atomic mass is 16.5. The summed E-state index contributed by atoms with van der Waals surface area (Å²) in [6.07, 6.45) is 3.39. The van der Waals surface area contributed by atoms with Gasteiger partial charge in [-0.25, -0.2) is 4.79 Å². The summed E-state index contributed by atoms with van der Waals surface area (Å²) in [6.45, 7) is 2.77. The molecule has 0 radical (unpaired) electrons. The van der Waals surface area contributed by atoms with E-state index in [0.29, 0.717) is 13.2 Å². The molecule has 0 heterocycles. The molecule has 1 N–H and O–H groups in total. The number of nitrogens with one attached hydrogen (secondary N) is 1. The van der Waals surface area contributed by atoms with Crippen molar-refractivity contribution in [1.29, 1.82) is 0 Å². The molecule has 0 spiro atoms. The van der Waals surface area contributed by atoms with Crippen molar-refractivity contribution in [3.63, 3.8) is 0 Å². The zero-order valence-corrected chi connectivity index (χ0v) is 12.6. The fourth-order valence-corrected chi connectivity index (χ4v) is 2.91. The van der Waals surface area contributed by atoms with Crippen molar-refractivity contribution in [2.45, 2.75) is 12.8 Å². The first-order valence-corrected chi connectivity index (χ1v) is 7.51. The van der Waals surface area contributed by atoms with Gasteiger partial charge in [-0.2, -0.15) is 0 Å². The smallest absolute Gasteiger partial charge is 0.407 e. The zero-order valence-electron chi connectivity index (χ0n) is 12.6. The topological polar surface area (TPSA) is 38.3 Å². The normalized spacial score (nSPS) is 13.0. The highest BCUT2D eigenvalue weighted by Crippen LogP contribution is 2.44. The molecule has 0 saturated carbocycles. The molecule has 0 bridgehead atoms. The maximum atomic E-state index is 11.7. The van der Waals surface area contributed by atoms with Crippen LogP contribution in [0.3, 0.4) is 0 Å². The van der Waals surface area contributed by atoms with Gasteiger partial charge in [0.2, 0.25) is 0 Å². The van der Waals surface area contributed by atoms with E-state index in [9.17, 15) is 4.79 Å². The molecule has 1 amide bonds. The Balaban J connectivity index is 1.75. The van der Waals surface area contributed by atoms with Gasteiger partial charge < -0.3 is 10.1 Å². The van der Waals surface area contributed by atoms with Gasteiger partial charge in [0.1, 0.15) is 6.61 Å². The molecule has 1 aliphatic rings. The number of ether oxygens (including phenoxy) is 1. The molecular weight excluding hydrogens is 274 g/mol. The molecule has 112 valence electrons. The monoisotopic (exact) mass is 293 g/mol. The second kappa shape index (κ2) is 6.48. The quantitative estimate of drug-likeness (QED) is 0.862. The lowest BCUT2D eigenvalue weighted by Crippen LogP contribution is -2.26. The van der Waals surface area contributed by atoms with Gasteiger partial charge in [0, 0.05) is 12.5 Å². The first-order valence-electron chi connectivity index (χ1n) is 7.51. The van der Waals surface area contributed by atoms with Gasteiger partial charge in [0.15, 0.2) is 0 Å². The maximum absolute atomic E-state index is 11.7. The second-order valence-electron chi connectivity index (χ2n) is 5.28. The number of carbonyl (C=O) groups excluding carboxylic acids is 1. The Bertz CT molecular complexity index is 661. The van der Waals surface area contributed by atoms with Gasteiger partial charge in [-0.15, -0.1) is 0 Å². The van der Waals surface area contributed by atoms with E-state index >= 15 is 0 Å². The molecule has 22 heavy (non-hydrogen) atoms. The summed E-state index contributed by atoms with van der Waals surface area (Å²) in [7, 11) is 0. The number of alkyl carbamates (subject to hydrolysis) is 1. The highest BCUT2D eigenvalue weighted by Gasteiger charge is 2.28. The van der Waals surface area contributed by atoms with Crippen molar-refractivity contribution in [2.24, 2.45) is 0 Å². The fourth-order valence-electron chi connectivity index (χ4n) is 2.91. The number of fused-ring (bicyclic) bond motifs is 3. The van der Waals surface area contributed by atoms with Crippen LogP contribution in [0.1, 0.15) is 24.0 Å². The number of allylic oxidation sites excluding steroid dienone is 1. The lowest BCUT2D eigenvalue weighted by atomic mass is 9.98. The van der Waals surface area contributed by atoms with Crippen molar-refractivity contribution in [3.05, 3.63) is 71.8 Å².